The summed E-state index contributed by atoms with van der Waals surface area (Å²) in [5.74, 6) is 0. The van der Waals surface area contributed by atoms with E-state index < -0.39 is 10.0 Å². The molecular weight excluding hydrogens is 244 g/mol. The molecule has 1 N–H and O–H groups in total. The van der Waals surface area contributed by atoms with Gasteiger partial charge >= 0.3 is 0 Å². The van der Waals surface area contributed by atoms with Crippen LogP contribution in [0.15, 0.2) is 35.3 Å². The highest BCUT2D eigenvalue weighted by atomic mass is 35.6. The van der Waals surface area contributed by atoms with Gasteiger partial charge in [-0.05, 0) is 5.56 Å². The third-order valence-electron chi connectivity index (χ3n) is 1.46. The van der Waals surface area contributed by atoms with Gasteiger partial charge in [0.05, 0.1) is 0 Å². The second-order valence-electron chi connectivity index (χ2n) is 2.60. The highest BCUT2D eigenvalue weighted by Gasteiger charge is 2.29. The number of aliphatic hydroxyl groups is 1. The van der Waals surface area contributed by atoms with Crippen molar-refractivity contribution in [1.29, 1.82) is 0 Å². The Morgan fingerprint density at radius 2 is 1.79 bits per heavy atom. The first-order valence-corrected chi connectivity index (χ1v) is 4.96. The number of hydrogen-bond donors (Lipinski definition) is 1. The van der Waals surface area contributed by atoms with Gasteiger partial charge in [0.25, 0.3) is 0 Å². The summed E-state index contributed by atoms with van der Waals surface area (Å²) in [5, 5.41) is 9.25. The van der Waals surface area contributed by atoms with Gasteiger partial charge in [0, 0.05) is 6.21 Å². The first kappa shape index (κ1) is 11.8. The van der Waals surface area contributed by atoms with Crippen molar-refractivity contribution in [2.24, 2.45) is 4.99 Å². The summed E-state index contributed by atoms with van der Waals surface area (Å²) in [7, 11) is 0. The second kappa shape index (κ2) is 4.99. The minimum atomic E-state index is -1.79. The van der Waals surface area contributed by atoms with E-state index in [9.17, 15) is 5.11 Å². The molecule has 2 nitrogen and oxygen atoms in total. The van der Waals surface area contributed by atoms with E-state index in [4.69, 9.17) is 34.8 Å². The number of halogens is 3. The molecule has 1 atom stereocenters. The van der Waals surface area contributed by atoms with Gasteiger partial charge in [-0.15, -0.1) is 0 Å². The van der Waals surface area contributed by atoms with Crippen LogP contribution in [0.25, 0.3) is 0 Å². The average molecular weight is 253 g/mol. The van der Waals surface area contributed by atoms with Crippen molar-refractivity contribution < 1.29 is 5.11 Å². The van der Waals surface area contributed by atoms with E-state index in [0.29, 0.717) is 0 Å². The zero-order valence-corrected chi connectivity index (χ0v) is 9.34. The van der Waals surface area contributed by atoms with Crippen LogP contribution in [-0.2, 0) is 0 Å². The van der Waals surface area contributed by atoms with Gasteiger partial charge in [0.1, 0.15) is 0 Å². The van der Waals surface area contributed by atoms with Crippen molar-refractivity contribution >= 4 is 41.0 Å². The lowest BCUT2D eigenvalue weighted by Crippen LogP contribution is -2.22. The number of rotatable bonds is 2. The smallest absolute Gasteiger partial charge is 0.236 e. The summed E-state index contributed by atoms with van der Waals surface area (Å²) in [6.07, 6.45) is 0.0970. The van der Waals surface area contributed by atoms with E-state index in [1.165, 1.54) is 6.21 Å². The number of aliphatic imine (C=N–C) groups is 1. The van der Waals surface area contributed by atoms with Gasteiger partial charge in [0.2, 0.25) is 3.79 Å². The highest BCUT2D eigenvalue weighted by Crippen LogP contribution is 2.30. The third kappa shape index (κ3) is 3.84. The Morgan fingerprint density at radius 1 is 1.21 bits per heavy atom. The largest absolute Gasteiger partial charge is 0.368 e. The maximum atomic E-state index is 9.25. The van der Waals surface area contributed by atoms with Crippen molar-refractivity contribution in [2.45, 2.75) is 10.0 Å². The monoisotopic (exact) mass is 251 g/mol. The molecule has 1 rings (SSSR count). The average Bonchev–Trinajstić information content (AvgIpc) is 2.14. The molecule has 0 aliphatic carbocycles. The Balaban J connectivity index is 2.66. The maximum Gasteiger partial charge on any atom is 0.236 e. The summed E-state index contributed by atoms with van der Waals surface area (Å²) < 4.78 is -1.79. The summed E-state index contributed by atoms with van der Waals surface area (Å²) in [6, 6.07) is 9.23. The normalized spacial score (nSPS) is 14.6. The Hall–Kier alpha value is -0.280. The van der Waals surface area contributed by atoms with Crippen LogP contribution in [0.1, 0.15) is 5.56 Å². The summed E-state index contributed by atoms with van der Waals surface area (Å²) in [4.78, 5) is 3.70. The molecular formula is C9H8Cl3NO. The molecule has 5 heteroatoms. The molecule has 0 fully saturated rings. The van der Waals surface area contributed by atoms with Crippen molar-refractivity contribution in [3.05, 3.63) is 35.9 Å². The summed E-state index contributed by atoms with van der Waals surface area (Å²) in [5.41, 5.74) is 0.834. The van der Waals surface area contributed by atoms with Gasteiger partial charge in [0.15, 0.2) is 6.23 Å². The van der Waals surface area contributed by atoms with Gasteiger partial charge in [-0.2, -0.15) is 0 Å². The molecule has 0 bridgehead atoms. The molecule has 0 amide bonds. The quantitative estimate of drug-likeness (QED) is 0.637. The van der Waals surface area contributed by atoms with Gasteiger partial charge in [-0.3, -0.25) is 4.99 Å². The maximum absolute atomic E-state index is 9.25. The van der Waals surface area contributed by atoms with E-state index in [1.54, 1.807) is 0 Å². The van der Waals surface area contributed by atoms with E-state index in [0.717, 1.165) is 5.56 Å². The minimum Gasteiger partial charge on any atom is -0.368 e. The molecule has 1 aromatic carbocycles. The van der Waals surface area contributed by atoms with Crippen LogP contribution in [0, 0.1) is 0 Å². The number of nitrogens with zero attached hydrogens (tertiary/aromatic N) is 1. The molecule has 0 saturated carbocycles. The van der Waals surface area contributed by atoms with Crippen molar-refractivity contribution in [3.8, 4) is 0 Å². The molecule has 0 aliphatic rings. The molecule has 0 aromatic heterocycles. The Kier molecular flexibility index (Phi) is 4.20. The topological polar surface area (TPSA) is 32.6 Å². The lowest BCUT2D eigenvalue weighted by molar-refractivity contribution is 0.190. The van der Waals surface area contributed by atoms with Crippen LogP contribution in [0.4, 0.5) is 0 Å². The second-order valence-corrected chi connectivity index (χ2v) is 4.97. The Labute approximate surface area is 97.1 Å². The predicted octanol–water partition coefficient (Wildman–Crippen LogP) is 2.79. The molecule has 0 heterocycles. The zero-order chi connectivity index (χ0) is 10.6. The molecule has 1 aromatic rings. The summed E-state index contributed by atoms with van der Waals surface area (Å²) >= 11 is 16.3. The lowest BCUT2D eigenvalue weighted by atomic mass is 10.2. The first-order chi connectivity index (χ1) is 6.50. The molecule has 0 aliphatic heterocycles. The fraction of sp³-hybridized carbons (Fsp3) is 0.222. The first-order valence-electron chi connectivity index (χ1n) is 3.83. The van der Waals surface area contributed by atoms with Crippen LogP contribution in [-0.4, -0.2) is 21.3 Å². The molecule has 14 heavy (non-hydrogen) atoms. The Morgan fingerprint density at radius 3 is 2.29 bits per heavy atom. The van der Waals surface area contributed by atoms with Crippen molar-refractivity contribution in [1.82, 2.24) is 0 Å². The SMILES string of the molecule is OC(/N=C/c1ccccc1)C(Cl)(Cl)Cl. The van der Waals surface area contributed by atoms with Crippen LogP contribution in [0.5, 0.6) is 0 Å². The number of benzene rings is 1. The number of hydrogen-bond acceptors (Lipinski definition) is 2. The fourth-order valence-corrected chi connectivity index (χ4v) is 0.949. The molecule has 1 unspecified atom stereocenters. The van der Waals surface area contributed by atoms with E-state index in [2.05, 4.69) is 4.99 Å². The van der Waals surface area contributed by atoms with Crippen LogP contribution in [0.3, 0.4) is 0 Å². The van der Waals surface area contributed by atoms with E-state index >= 15 is 0 Å². The standard InChI is InChI=1S/C9H8Cl3NO/c10-9(11,12)8(14)13-6-7-4-2-1-3-5-7/h1-6,8,14H/b13-6+. The Bertz CT molecular complexity index is 308. The fourth-order valence-electron chi connectivity index (χ4n) is 0.780. The third-order valence-corrected chi connectivity index (χ3v) is 2.04. The number of aliphatic hydroxyl groups excluding tert-OH is 1. The van der Waals surface area contributed by atoms with Gasteiger partial charge in [-0.25, -0.2) is 0 Å². The molecule has 0 spiro atoms. The molecule has 0 saturated heterocycles. The lowest BCUT2D eigenvalue weighted by Gasteiger charge is -2.13. The minimum absolute atomic E-state index is 0.834. The predicted molar refractivity (Wildman–Crippen MR) is 60.3 cm³/mol. The molecule has 76 valence electrons. The van der Waals surface area contributed by atoms with Crippen LogP contribution >= 0.6 is 34.8 Å². The van der Waals surface area contributed by atoms with Gasteiger partial charge in [-0.1, -0.05) is 65.1 Å². The van der Waals surface area contributed by atoms with Crippen LogP contribution < -0.4 is 0 Å². The zero-order valence-electron chi connectivity index (χ0n) is 7.07. The van der Waals surface area contributed by atoms with E-state index in [-0.39, 0.29) is 0 Å². The molecule has 0 radical (unpaired) electrons. The van der Waals surface area contributed by atoms with Crippen LogP contribution in [0.2, 0.25) is 0 Å². The van der Waals surface area contributed by atoms with Gasteiger partial charge < -0.3 is 5.11 Å². The van der Waals surface area contributed by atoms with Crippen molar-refractivity contribution in [3.63, 3.8) is 0 Å². The highest BCUT2D eigenvalue weighted by molar-refractivity contribution is 6.68. The number of alkyl halides is 3. The van der Waals surface area contributed by atoms with E-state index in [1.807, 2.05) is 30.3 Å². The summed E-state index contributed by atoms with van der Waals surface area (Å²) in [6.45, 7) is 0. The van der Waals surface area contributed by atoms with Crippen molar-refractivity contribution in [2.75, 3.05) is 0 Å².